The van der Waals surface area contributed by atoms with Crippen LogP contribution < -0.4 is 10.8 Å². The number of H-pyrrole nitrogens is 1. The van der Waals surface area contributed by atoms with E-state index in [4.69, 9.17) is 19.0 Å². The summed E-state index contributed by atoms with van der Waals surface area (Å²) in [5, 5.41) is 4.94. The zero-order chi connectivity index (χ0) is 29.8. The zero-order valence-electron chi connectivity index (χ0n) is 25.1. The summed E-state index contributed by atoms with van der Waals surface area (Å²) in [6, 6.07) is 11.8. The Morgan fingerprint density at radius 1 is 1.10 bits per heavy atom. The van der Waals surface area contributed by atoms with Crippen molar-refractivity contribution in [3.8, 4) is 11.3 Å². The van der Waals surface area contributed by atoms with Gasteiger partial charge in [0.15, 0.2) is 0 Å². The van der Waals surface area contributed by atoms with Crippen LogP contribution in [0.4, 0.5) is 4.79 Å². The van der Waals surface area contributed by atoms with Gasteiger partial charge in [0, 0.05) is 11.0 Å². The molecule has 1 aromatic heterocycles. The summed E-state index contributed by atoms with van der Waals surface area (Å²) in [5.41, 5.74) is 3.48. The number of methoxy groups -OCH3 is 1. The van der Waals surface area contributed by atoms with Crippen molar-refractivity contribution in [2.75, 3.05) is 7.11 Å². The summed E-state index contributed by atoms with van der Waals surface area (Å²) in [7, 11) is 0.901. The maximum atomic E-state index is 13.8. The molecule has 4 atom stereocenters. The Balaban J connectivity index is 1.13. The minimum Gasteiger partial charge on any atom is -0.453 e. The van der Waals surface area contributed by atoms with Crippen molar-refractivity contribution in [3.05, 3.63) is 60.1 Å². The van der Waals surface area contributed by atoms with Crippen molar-refractivity contribution in [1.29, 1.82) is 0 Å². The van der Waals surface area contributed by atoms with Gasteiger partial charge < -0.3 is 29.2 Å². The topological polar surface area (TPSA) is 106 Å². The van der Waals surface area contributed by atoms with E-state index in [1.807, 2.05) is 24.9 Å². The van der Waals surface area contributed by atoms with Gasteiger partial charge in [-0.2, -0.15) is 0 Å². The number of ether oxygens (including phenoxy) is 1. The van der Waals surface area contributed by atoms with Gasteiger partial charge in [0.2, 0.25) is 5.91 Å². The van der Waals surface area contributed by atoms with E-state index in [0.29, 0.717) is 0 Å². The van der Waals surface area contributed by atoms with Crippen LogP contribution in [0.3, 0.4) is 0 Å². The number of carbonyl (C=O) groups is 2. The monoisotopic (exact) mass is 568 g/mol. The number of nitrogens with one attached hydrogen (secondary N) is 2. The second-order valence-corrected chi connectivity index (χ2v) is 13.5. The molecule has 4 unspecified atom stereocenters. The second-order valence-electron chi connectivity index (χ2n) is 13.5. The average molecular weight is 568 g/mol. The van der Waals surface area contributed by atoms with Crippen LogP contribution in [-0.2, 0) is 18.8 Å². The Labute approximate surface area is 246 Å². The predicted molar refractivity (Wildman–Crippen MR) is 160 cm³/mol. The van der Waals surface area contributed by atoms with Crippen molar-refractivity contribution < 1.29 is 23.6 Å². The molecule has 0 radical (unpaired) electrons. The summed E-state index contributed by atoms with van der Waals surface area (Å²) < 4.78 is 17.3. The van der Waals surface area contributed by atoms with E-state index in [2.05, 4.69) is 80.5 Å². The number of rotatable bonds is 6. The minimum absolute atomic E-state index is 0.0257. The molecule has 3 aromatic rings. The molecule has 2 amide bonds. The number of carbonyl (C=O) groups excluding carboxylic acids is 2. The first kappa shape index (κ1) is 27.2. The Bertz CT molecular complexity index is 1650. The third-order valence-corrected chi connectivity index (χ3v) is 9.97. The molecule has 2 aliphatic heterocycles. The van der Waals surface area contributed by atoms with E-state index in [1.165, 1.54) is 12.7 Å². The van der Waals surface area contributed by atoms with Crippen LogP contribution in [0, 0.1) is 11.3 Å². The number of alkyl carbamates (subject to hydrolysis) is 1. The van der Waals surface area contributed by atoms with E-state index >= 15 is 0 Å². The van der Waals surface area contributed by atoms with Gasteiger partial charge >= 0.3 is 13.2 Å². The maximum Gasteiger partial charge on any atom is 0.494 e. The molecule has 2 N–H and O–H groups in total. The first-order valence-electron chi connectivity index (χ1n) is 14.7. The van der Waals surface area contributed by atoms with Crippen LogP contribution in [0.25, 0.3) is 22.0 Å². The molecule has 2 aliphatic carbocycles. The largest absolute Gasteiger partial charge is 0.494 e. The summed E-state index contributed by atoms with van der Waals surface area (Å²) in [5.74, 6) is 0.570. The molecular formula is C32H37BN4O5. The Morgan fingerprint density at radius 3 is 2.45 bits per heavy atom. The van der Waals surface area contributed by atoms with Crippen molar-refractivity contribution in [1.82, 2.24) is 20.2 Å². The van der Waals surface area contributed by atoms with E-state index in [-0.39, 0.29) is 40.5 Å². The number of aromatic amines is 1. The van der Waals surface area contributed by atoms with Crippen LogP contribution in [0.5, 0.6) is 0 Å². The average Bonchev–Trinajstić information content (AvgIpc) is 3.60. The lowest BCUT2D eigenvalue weighted by molar-refractivity contribution is -0.136. The molecule has 42 heavy (non-hydrogen) atoms. The molecule has 3 heterocycles. The molecule has 0 bridgehead atoms. The molecule has 2 saturated heterocycles. The molecule has 4 aliphatic rings. The van der Waals surface area contributed by atoms with Crippen LogP contribution in [0.2, 0.25) is 0 Å². The van der Waals surface area contributed by atoms with Crippen molar-refractivity contribution in [3.63, 3.8) is 0 Å². The molecular weight excluding hydrogens is 531 g/mol. The fourth-order valence-corrected chi connectivity index (χ4v) is 6.57. The lowest BCUT2D eigenvalue weighted by Crippen LogP contribution is -2.52. The summed E-state index contributed by atoms with van der Waals surface area (Å²) >= 11 is 0. The van der Waals surface area contributed by atoms with Crippen LogP contribution in [0.15, 0.2) is 54.2 Å². The smallest absolute Gasteiger partial charge is 0.453 e. The SMILES string of the molecule is COC(=O)NC(C(=O)N1C(c2ncc(-c3ccc4cc(B5OC(C)(C)C(C)(C)O5)ccc4c3)[nH]2)CC23C=C2C13)C(C)C. The van der Waals surface area contributed by atoms with Crippen molar-refractivity contribution in [2.45, 2.75) is 77.3 Å². The second kappa shape index (κ2) is 8.94. The Morgan fingerprint density at radius 2 is 1.79 bits per heavy atom. The molecule has 218 valence electrons. The number of imidazole rings is 1. The highest BCUT2D eigenvalue weighted by molar-refractivity contribution is 6.62. The minimum atomic E-state index is -0.673. The summed E-state index contributed by atoms with van der Waals surface area (Å²) in [6.07, 6.45) is 4.30. The van der Waals surface area contributed by atoms with Gasteiger partial charge in [0.1, 0.15) is 11.9 Å². The van der Waals surface area contributed by atoms with Gasteiger partial charge in [-0.05, 0) is 67.9 Å². The van der Waals surface area contributed by atoms with Crippen LogP contribution in [0.1, 0.15) is 59.8 Å². The predicted octanol–water partition coefficient (Wildman–Crippen LogP) is 4.49. The normalized spacial score (nSPS) is 27.0. The highest BCUT2D eigenvalue weighted by atomic mass is 16.7. The first-order valence-corrected chi connectivity index (χ1v) is 14.7. The summed E-state index contributed by atoms with van der Waals surface area (Å²) in [6.45, 7) is 12.1. The van der Waals surface area contributed by atoms with E-state index in [0.717, 1.165) is 39.7 Å². The number of likely N-dealkylation sites (tertiary alicyclic amines) is 1. The number of aromatic nitrogens is 2. The molecule has 3 fully saturated rings. The summed E-state index contributed by atoms with van der Waals surface area (Å²) in [4.78, 5) is 36.0. The number of hydrogen-bond acceptors (Lipinski definition) is 6. The molecule has 9 nitrogen and oxygen atoms in total. The quantitative estimate of drug-likeness (QED) is 0.336. The highest BCUT2D eigenvalue weighted by Gasteiger charge is 2.78. The number of fused-ring (bicyclic) bond motifs is 2. The van der Waals surface area contributed by atoms with Crippen LogP contribution >= 0.6 is 0 Å². The number of benzene rings is 2. The molecule has 1 spiro atoms. The number of piperidine rings is 1. The maximum absolute atomic E-state index is 13.8. The fourth-order valence-electron chi connectivity index (χ4n) is 6.57. The first-order chi connectivity index (χ1) is 19.8. The van der Waals surface area contributed by atoms with Gasteiger partial charge in [-0.1, -0.05) is 50.3 Å². The van der Waals surface area contributed by atoms with Crippen molar-refractivity contribution >= 4 is 35.4 Å². The standard InChI is InChI=1S/C32H37BN4O5/c1-17(2)25(36-29(39)40-7)28(38)37-24(15-32-14-22(32)26(32)37)27-34-16-23(35-27)20-9-8-19-13-21(11-10-18(19)12-20)33-41-30(3,4)31(5,6)42-33/h8-14,16-17,24-26H,15H2,1-7H3,(H,34,35)(H,36,39). The van der Waals surface area contributed by atoms with Gasteiger partial charge in [-0.15, -0.1) is 0 Å². The number of amides is 2. The van der Waals surface area contributed by atoms with Gasteiger partial charge in [-0.25, -0.2) is 9.78 Å². The number of nitrogens with zero attached hydrogens (tertiary/aromatic N) is 2. The Kier molecular flexibility index (Phi) is 5.79. The third kappa shape index (κ3) is 4.02. The molecule has 1 saturated carbocycles. The molecule has 2 aromatic carbocycles. The van der Waals surface area contributed by atoms with E-state index in [9.17, 15) is 9.59 Å². The fraction of sp³-hybridized carbons (Fsp3) is 0.469. The van der Waals surface area contributed by atoms with Gasteiger partial charge in [0.25, 0.3) is 0 Å². The van der Waals surface area contributed by atoms with E-state index < -0.39 is 19.3 Å². The third-order valence-electron chi connectivity index (χ3n) is 9.97. The van der Waals surface area contributed by atoms with Gasteiger partial charge in [0.05, 0.1) is 42.3 Å². The van der Waals surface area contributed by atoms with Gasteiger partial charge in [-0.3, -0.25) is 4.79 Å². The van der Waals surface area contributed by atoms with Crippen LogP contribution in [-0.4, -0.2) is 64.4 Å². The highest BCUT2D eigenvalue weighted by Crippen LogP contribution is 2.78. The Hall–Kier alpha value is -3.63. The lowest BCUT2D eigenvalue weighted by atomic mass is 9.78. The van der Waals surface area contributed by atoms with Crippen molar-refractivity contribution in [2.24, 2.45) is 11.3 Å². The number of hydrogen-bond donors (Lipinski definition) is 2. The molecule has 10 heteroatoms. The van der Waals surface area contributed by atoms with E-state index in [1.54, 1.807) is 0 Å². The molecule has 7 rings (SSSR count). The lowest BCUT2D eigenvalue weighted by Gasteiger charge is -2.32. The zero-order valence-corrected chi connectivity index (χ0v) is 25.1.